The van der Waals surface area contributed by atoms with Gasteiger partial charge in [-0.05, 0) is 49.2 Å². The fourth-order valence-electron chi connectivity index (χ4n) is 2.45. The van der Waals surface area contributed by atoms with Crippen LogP contribution in [0.4, 0.5) is 21.9 Å². The maximum Gasteiger partial charge on any atom is 0.321 e. The highest BCUT2D eigenvalue weighted by molar-refractivity contribution is 5.89. The first-order chi connectivity index (χ1) is 10.3. The lowest BCUT2D eigenvalue weighted by Crippen LogP contribution is -2.32. The zero-order valence-corrected chi connectivity index (χ0v) is 11.9. The van der Waals surface area contributed by atoms with Gasteiger partial charge in [-0.15, -0.1) is 0 Å². The Kier molecular flexibility index (Phi) is 4.05. The average molecular weight is 281 g/mol. The summed E-state index contributed by atoms with van der Waals surface area (Å²) in [4.78, 5) is 13.8. The van der Waals surface area contributed by atoms with Gasteiger partial charge in [-0.25, -0.2) is 4.79 Å². The normalized spacial score (nSPS) is 14.0. The predicted molar refractivity (Wildman–Crippen MR) is 86.0 cm³/mol. The van der Waals surface area contributed by atoms with Crippen LogP contribution in [0.25, 0.3) is 0 Å². The van der Waals surface area contributed by atoms with Gasteiger partial charge in [0.15, 0.2) is 0 Å². The molecule has 0 saturated carbocycles. The van der Waals surface area contributed by atoms with Crippen molar-refractivity contribution in [1.82, 2.24) is 4.90 Å². The molecular weight excluding hydrogens is 262 g/mol. The monoisotopic (exact) mass is 281 g/mol. The van der Waals surface area contributed by atoms with Gasteiger partial charge in [0.1, 0.15) is 0 Å². The highest BCUT2D eigenvalue weighted by Crippen LogP contribution is 2.19. The highest BCUT2D eigenvalue weighted by Gasteiger charge is 2.17. The van der Waals surface area contributed by atoms with E-state index in [1.54, 1.807) is 0 Å². The summed E-state index contributed by atoms with van der Waals surface area (Å²) < 4.78 is 0. The Bertz CT molecular complexity index is 589. The van der Waals surface area contributed by atoms with Crippen LogP contribution in [0.15, 0.2) is 54.6 Å². The average Bonchev–Trinajstić information content (AvgIpc) is 3.05. The zero-order valence-electron chi connectivity index (χ0n) is 11.9. The fourth-order valence-corrected chi connectivity index (χ4v) is 2.45. The smallest absolute Gasteiger partial charge is 0.321 e. The van der Waals surface area contributed by atoms with E-state index in [2.05, 4.69) is 10.6 Å². The van der Waals surface area contributed by atoms with E-state index in [0.29, 0.717) is 0 Å². The molecule has 0 atom stereocenters. The van der Waals surface area contributed by atoms with Crippen LogP contribution in [0.5, 0.6) is 0 Å². The number of likely N-dealkylation sites (tertiary alicyclic amines) is 1. The van der Waals surface area contributed by atoms with Gasteiger partial charge in [-0.1, -0.05) is 18.2 Å². The second-order valence-corrected chi connectivity index (χ2v) is 5.19. The van der Waals surface area contributed by atoms with Gasteiger partial charge in [0, 0.05) is 30.2 Å². The Morgan fingerprint density at radius 2 is 1.38 bits per heavy atom. The summed E-state index contributed by atoms with van der Waals surface area (Å²) in [5, 5.41) is 6.25. The van der Waals surface area contributed by atoms with Gasteiger partial charge in [0.25, 0.3) is 0 Å². The number of hydrogen-bond donors (Lipinski definition) is 2. The molecule has 0 unspecified atom stereocenters. The third-order valence-corrected chi connectivity index (χ3v) is 3.59. The molecule has 0 spiro atoms. The standard InChI is InChI=1S/C17H19N3O/c21-17(20-12-4-5-13-20)19-16-10-8-15(9-11-16)18-14-6-2-1-3-7-14/h1-3,6-11,18H,4-5,12-13H2,(H,19,21). The second-order valence-electron chi connectivity index (χ2n) is 5.19. The molecule has 4 nitrogen and oxygen atoms in total. The first kappa shape index (κ1) is 13.5. The van der Waals surface area contributed by atoms with Gasteiger partial charge >= 0.3 is 6.03 Å². The van der Waals surface area contributed by atoms with Crippen molar-refractivity contribution in [2.45, 2.75) is 12.8 Å². The Morgan fingerprint density at radius 3 is 2.05 bits per heavy atom. The van der Waals surface area contributed by atoms with E-state index in [1.807, 2.05) is 59.5 Å². The highest BCUT2D eigenvalue weighted by atomic mass is 16.2. The Balaban J connectivity index is 1.60. The molecular formula is C17H19N3O. The van der Waals surface area contributed by atoms with Crippen molar-refractivity contribution in [3.05, 3.63) is 54.6 Å². The Hall–Kier alpha value is -2.49. The number of carbonyl (C=O) groups excluding carboxylic acids is 1. The lowest BCUT2D eigenvalue weighted by Gasteiger charge is -2.16. The van der Waals surface area contributed by atoms with E-state index in [1.165, 1.54) is 0 Å². The molecule has 1 saturated heterocycles. The number of nitrogens with zero attached hydrogens (tertiary/aromatic N) is 1. The molecule has 2 N–H and O–H groups in total. The quantitative estimate of drug-likeness (QED) is 0.891. The van der Waals surface area contributed by atoms with E-state index in [9.17, 15) is 4.79 Å². The number of urea groups is 1. The number of carbonyl (C=O) groups is 1. The first-order valence-corrected chi connectivity index (χ1v) is 7.29. The minimum Gasteiger partial charge on any atom is -0.356 e. The molecule has 21 heavy (non-hydrogen) atoms. The Labute approximate surface area is 124 Å². The molecule has 2 amide bonds. The molecule has 1 heterocycles. The van der Waals surface area contributed by atoms with Crippen LogP contribution < -0.4 is 10.6 Å². The minimum absolute atomic E-state index is 0.00346. The van der Waals surface area contributed by atoms with E-state index in [-0.39, 0.29) is 6.03 Å². The summed E-state index contributed by atoms with van der Waals surface area (Å²) in [5.74, 6) is 0. The molecule has 0 aliphatic carbocycles. The molecule has 1 aliphatic rings. The summed E-state index contributed by atoms with van der Waals surface area (Å²) in [6.07, 6.45) is 2.21. The number of para-hydroxylation sites is 1. The number of benzene rings is 2. The molecule has 4 heteroatoms. The molecule has 0 aromatic heterocycles. The second kappa shape index (κ2) is 6.31. The van der Waals surface area contributed by atoms with Crippen LogP contribution in [-0.2, 0) is 0 Å². The number of anilines is 3. The molecule has 0 radical (unpaired) electrons. The van der Waals surface area contributed by atoms with E-state index < -0.39 is 0 Å². The summed E-state index contributed by atoms with van der Waals surface area (Å²) in [6, 6.07) is 17.8. The van der Waals surface area contributed by atoms with Crippen molar-refractivity contribution < 1.29 is 4.79 Å². The van der Waals surface area contributed by atoms with Gasteiger partial charge < -0.3 is 15.5 Å². The van der Waals surface area contributed by atoms with Crippen molar-refractivity contribution >= 4 is 23.1 Å². The maximum atomic E-state index is 12.0. The largest absolute Gasteiger partial charge is 0.356 e. The van der Waals surface area contributed by atoms with Crippen molar-refractivity contribution in [2.24, 2.45) is 0 Å². The SMILES string of the molecule is O=C(Nc1ccc(Nc2ccccc2)cc1)N1CCCC1. The van der Waals surface area contributed by atoms with Crippen molar-refractivity contribution in [3.8, 4) is 0 Å². The summed E-state index contributed by atoms with van der Waals surface area (Å²) in [5.41, 5.74) is 2.87. The minimum atomic E-state index is -0.00346. The molecule has 0 bridgehead atoms. The van der Waals surface area contributed by atoms with Crippen molar-refractivity contribution in [2.75, 3.05) is 23.7 Å². The number of amides is 2. The summed E-state index contributed by atoms with van der Waals surface area (Å²) in [6.45, 7) is 1.72. The fraction of sp³-hybridized carbons (Fsp3) is 0.235. The number of hydrogen-bond acceptors (Lipinski definition) is 2. The van der Waals surface area contributed by atoms with Crippen LogP contribution in [-0.4, -0.2) is 24.0 Å². The predicted octanol–water partition coefficient (Wildman–Crippen LogP) is 4.06. The summed E-state index contributed by atoms with van der Waals surface area (Å²) in [7, 11) is 0. The molecule has 108 valence electrons. The third kappa shape index (κ3) is 3.54. The van der Waals surface area contributed by atoms with E-state index in [0.717, 1.165) is 43.0 Å². The molecule has 1 aliphatic heterocycles. The third-order valence-electron chi connectivity index (χ3n) is 3.59. The van der Waals surface area contributed by atoms with Crippen LogP contribution in [0.3, 0.4) is 0 Å². The maximum absolute atomic E-state index is 12.0. The van der Waals surface area contributed by atoms with Gasteiger partial charge in [-0.3, -0.25) is 0 Å². The number of nitrogens with one attached hydrogen (secondary N) is 2. The Morgan fingerprint density at radius 1 is 0.810 bits per heavy atom. The van der Waals surface area contributed by atoms with Gasteiger partial charge in [0.2, 0.25) is 0 Å². The van der Waals surface area contributed by atoms with Crippen LogP contribution in [0.1, 0.15) is 12.8 Å². The van der Waals surface area contributed by atoms with Crippen LogP contribution in [0, 0.1) is 0 Å². The molecule has 3 rings (SSSR count). The van der Waals surface area contributed by atoms with Crippen LogP contribution >= 0.6 is 0 Å². The number of rotatable bonds is 3. The topological polar surface area (TPSA) is 44.4 Å². The first-order valence-electron chi connectivity index (χ1n) is 7.29. The lowest BCUT2D eigenvalue weighted by atomic mass is 10.2. The van der Waals surface area contributed by atoms with Gasteiger partial charge in [0.05, 0.1) is 0 Å². The van der Waals surface area contributed by atoms with Crippen molar-refractivity contribution in [1.29, 1.82) is 0 Å². The van der Waals surface area contributed by atoms with Gasteiger partial charge in [-0.2, -0.15) is 0 Å². The van der Waals surface area contributed by atoms with Crippen molar-refractivity contribution in [3.63, 3.8) is 0 Å². The van der Waals surface area contributed by atoms with E-state index >= 15 is 0 Å². The zero-order chi connectivity index (χ0) is 14.5. The van der Waals surface area contributed by atoms with E-state index in [4.69, 9.17) is 0 Å². The molecule has 1 fully saturated rings. The van der Waals surface area contributed by atoms with Crippen LogP contribution in [0.2, 0.25) is 0 Å². The molecule has 2 aromatic carbocycles. The lowest BCUT2D eigenvalue weighted by molar-refractivity contribution is 0.222. The molecule has 2 aromatic rings. The summed E-state index contributed by atoms with van der Waals surface area (Å²) >= 11 is 0.